The predicted molar refractivity (Wildman–Crippen MR) is 89.8 cm³/mol. The largest absolute Gasteiger partial charge is 0.445 e. The van der Waals surface area contributed by atoms with Crippen molar-refractivity contribution in [3.05, 3.63) is 35.9 Å². The molecule has 0 atom stereocenters. The van der Waals surface area contributed by atoms with Gasteiger partial charge in [-0.1, -0.05) is 30.3 Å². The topological polar surface area (TPSA) is 63.7 Å². The number of hydrogen-bond donors (Lipinski definition) is 0. The lowest BCUT2D eigenvalue weighted by Crippen LogP contribution is -2.46. The van der Waals surface area contributed by atoms with Gasteiger partial charge in [0.15, 0.2) is 0 Å². The molecule has 7 heteroatoms. The number of nitrogens with zero attached hydrogens (tertiary/aromatic N) is 1. The predicted octanol–water partition coefficient (Wildman–Crippen LogP) is 3.38. The molecular weight excluding hydrogens is 338 g/mol. The number of halogens is 1. The fourth-order valence-electron chi connectivity index (χ4n) is 2.77. The van der Waals surface area contributed by atoms with Crippen LogP contribution in [0.3, 0.4) is 0 Å². The van der Waals surface area contributed by atoms with Gasteiger partial charge in [-0.05, 0) is 38.2 Å². The van der Waals surface area contributed by atoms with Crippen LogP contribution in [0.5, 0.6) is 0 Å². The van der Waals surface area contributed by atoms with E-state index in [4.69, 9.17) is 15.4 Å². The van der Waals surface area contributed by atoms with Crippen LogP contribution in [0, 0.1) is 5.92 Å². The van der Waals surface area contributed by atoms with Crippen LogP contribution in [0.15, 0.2) is 30.3 Å². The molecule has 0 saturated carbocycles. The molecule has 2 rings (SSSR count). The van der Waals surface area contributed by atoms with Gasteiger partial charge < -0.3 is 9.64 Å². The third-order valence-corrected chi connectivity index (χ3v) is 7.35. The highest BCUT2D eigenvalue weighted by Gasteiger charge is 2.42. The van der Waals surface area contributed by atoms with Crippen molar-refractivity contribution < 1.29 is 17.9 Å². The van der Waals surface area contributed by atoms with Gasteiger partial charge in [-0.15, -0.1) is 0 Å². The highest BCUT2D eigenvalue weighted by molar-refractivity contribution is 8.14. The Morgan fingerprint density at radius 1 is 1.26 bits per heavy atom. The molecule has 1 aliphatic heterocycles. The van der Waals surface area contributed by atoms with Crippen molar-refractivity contribution in [2.45, 2.75) is 38.0 Å². The van der Waals surface area contributed by atoms with E-state index in [9.17, 15) is 13.2 Å². The monoisotopic (exact) mass is 359 g/mol. The first-order chi connectivity index (χ1) is 10.7. The van der Waals surface area contributed by atoms with E-state index in [0.717, 1.165) is 5.56 Å². The van der Waals surface area contributed by atoms with Crippen LogP contribution in [0.25, 0.3) is 0 Å². The molecule has 1 fully saturated rings. The van der Waals surface area contributed by atoms with Gasteiger partial charge in [0.1, 0.15) is 6.61 Å². The zero-order valence-electron chi connectivity index (χ0n) is 13.4. The zero-order chi connectivity index (χ0) is 17.1. The molecule has 5 nitrogen and oxygen atoms in total. The van der Waals surface area contributed by atoms with Crippen molar-refractivity contribution >= 4 is 25.8 Å². The van der Waals surface area contributed by atoms with Crippen molar-refractivity contribution in [1.29, 1.82) is 0 Å². The van der Waals surface area contributed by atoms with E-state index in [2.05, 4.69) is 0 Å². The van der Waals surface area contributed by atoms with E-state index >= 15 is 0 Å². The lowest BCUT2D eigenvalue weighted by atomic mass is 9.86. The summed E-state index contributed by atoms with van der Waals surface area (Å²) in [5, 5.41) is 0. The summed E-state index contributed by atoms with van der Waals surface area (Å²) in [4.78, 5) is 13.7. The van der Waals surface area contributed by atoms with Gasteiger partial charge in [-0.3, -0.25) is 0 Å². The molecule has 1 aliphatic rings. The smallest absolute Gasteiger partial charge is 0.410 e. The molecule has 0 radical (unpaired) electrons. The van der Waals surface area contributed by atoms with Gasteiger partial charge in [0.2, 0.25) is 9.05 Å². The highest BCUT2D eigenvalue weighted by atomic mass is 35.7. The van der Waals surface area contributed by atoms with Gasteiger partial charge in [-0.2, -0.15) is 0 Å². The minimum absolute atomic E-state index is 0.0665. The number of amides is 1. The molecule has 0 aliphatic carbocycles. The third kappa shape index (κ3) is 4.38. The Balaban J connectivity index is 1.85. The summed E-state index contributed by atoms with van der Waals surface area (Å²) in [7, 11) is 1.89. The highest BCUT2D eigenvalue weighted by Crippen LogP contribution is 2.36. The number of benzene rings is 1. The van der Waals surface area contributed by atoms with Crippen LogP contribution in [-0.2, 0) is 20.4 Å². The Morgan fingerprint density at radius 2 is 1.83 bits per heavy atom. The van der Waals surface area contributed by atoms with Crippen LogP contribution in [-0.4, -0.2) is 37.2 Å². The first-order valence-electron chi connectivity index (χ1n) is 7.61. The molecule has 1 aromatic carbocycles. The van der Waals surface area contributed by atoms with Crippen LogP contribution in [0.2, 0.25) is 0 Å². The Hall–Kier alpha value is -1.27. The maximum Gasteiger partial charge on any atom is 0.410 e. The molecule has 0 bridgehead atoms. The molecule has 23 heavy (non-hydrogen) atoms. The molecule has 1 heterocycles. The fraction of sp³-hybridized carbons (Fsp3) is 0.562. The fourth-order valence-corrected chi connectivity index (χ4v) is 3.78. The van der Waals surface area contributed by atoms with Crippen molar-refractivity contribution in [2.75, 3.05) is 13.1 Å². The van der Waals surface area contributed by atoms with Gasteiger partial charge in [0, 0.05) is 23.8 Å². The number of likely N-dealkylation sites (tertiary alicyclic amines) is 1. The van der Waals surface area contributed by atoms with Gasteiger partial charge in [0.05, 0.1) is 4.75 Å². The molecule has 0 unspecified atom stereocenters. The molecule has 1 aromatic rings. The molecule has 1 amide bonds. The van der Waals surface area contributed by atoms with Crippen molar-refractivity contribution in [3.63, 3.8) is 0 Å². The number of piperidine rings is 1. The molecule has 0 aromatic heterocycles. The van der Waals surface area contributed by atoms with Crippen molar-refractivity contribution in [3.8, 4) is 0 Å². The maximum absolute atomic E-state index is 12.1. The Bertz CT molecular complexity index is 637. The second-order valence-corrected chi connectivity index (χ2v) is 9.49. The van der Waals surface area contributed by atoms with Crippen LogP contribution in [0.1, 0.15) is 32.3 Å². The van der Waals surface area contributed by atoms with E-state index in [1.54, 1.807) is 18.7 Å². The third-order valence-electron chi connectivity index (χ3n) is 4.57. The Morgan fingerprint density at radius 3 is 2.35 bits per heavy atom. The standard InChI is InChI=1S/C16H22ClNO4S/c1-16(2,23(17,20)21)14-8-10-18(11-9-14)15(19)22-12-13-6-4-3-5-7-13/h3-7,14H,8-12H2,1-2H3. The van der Waals surface area contributed by atoms with E-state index in [1.165, 1.54) is 0 Å². The summed E-state index contributed by atoms with van der Waals surface area (Å²) in [5.41, 5.74) is 0.935. The summed E-state index contributed by atoms with van der Waals surface area (Å²) in [6, 6.07) is 9.48. The number of carbonyl (C=O) groups excluding carboxylic acids is 1. The Kier molecular flexibility index (Phi) is 5.57. The second-order valence-electron chi connectivity index (χ2n) is 6.34. The van der Waals surface area contributed by atoms with E-state index in [1.807, 2.05) is 30.3 Å². The minimum atomic E-state index is -3.65. The maximum atomic E-state index is 12.1. The SMILES string of the molecule is CC(C)(C1CCN(C(=O)OCc2ccccc2)CC1)S(=O)(=O)Cl. The first-order valence-corrected chi connectivity index (χ1v) is 9.92. The molecule has 0 N–H and O–H groups in total. The summed E-state index contributed by atoms with van der Waals surface area (Å²) >= 11 is 0. The number of hydrogen-bond acceptors (Lipinski definition) is 4. The second kappa shape index (κ2) is 7.09. The van der Waals surface area contributed by atoms with Gasteiger partial charge >= 0.3 is 6.09 Å². The number of carbonyl (C=O) groups is 1. The first kappa shape index (κ1) is 18.1. The summed E-state index contributed by atoms with van der Waals surface area (Å²) < 4.78 is 27.7. The summed E-state index contributed by atoms with van der Waals surface area (Å²) in [6.45, 7) is 4.48. The quantitative estimate of drug-likeness (QED) is 0.773. The average molecular weight is 360 g/mol. The van der Waals surface area contributed by atoms with Crippen LogP contribution >= 0.6 is 10.7 Å². The normalized spacial score (nSPS) is 17.1. The van der Waals surface area contributed by atoms with Crippen molar-refractivity contribution in [1.82, 2.24) is 4.90 Å². The summed E-state index contributed by atoms with van der Waals surface area (Å²) in [5.74, 6) is -0.0665. The minimum Gasteiger partial charge on any atom is -0.445 e. The van der Waals surface area contributed by atoms with Gasteiger partial charge in [0.25, 0.3) is 0 Å². The molecule has 0 spiro atoms. The number of ether oxygens (including phenoxy) is 1. The zero-order valence-corrected chi connectivity index (χ0v) is 14.9. The lowest BCUT2D eigenvalue weighted by Gasteiger charge is -2.38. The average Bonchev–Trinajstić information content (AvgIpc) is 2.52. The van der Waals surface area contributed by atoms with Crippen LogP contribution < -0.4 is 0 Å². The summed E-state index contributed by atoms with van der Waals surface area (Å²) in [6.07, 6.45) is 0.831. The van der Waals surface area contributed by atoms with Crippen LogP contribution in [0.4, 0.5) is 4.79 Å². The molecule has 128 valence electrons. The molecule has 1 saturated heterocycles. The Labute approximate surface area is 142 Å². The van der Waals surface area contributed by atoms with E-state index in [-0.39, 0.29) is 18.6 Å². The van der Waals surface area contributed by atoms with E-state index < -0.39 is 13.8 Å². The number of rotatable bonds is 4. The van der Waals surface area contributed by atoms with Crippen molar-refractivity contribution in [2.24, 2.45) is 5.92 Å². The van der Waals surface area contributed by atoms with Gasteiger partial charge in [-0.25, -0.2) is 13.2 Å². The molecular formula is C16H22ClNO4S. The lowest BCUT2D eigenvalue weighted by molar-refractivity contribution is 0.0792. The van der Waals surface area contributed by atoms with E-state index in [0.29, 0.717) is 25.9 Å².